The van der Waals surface area contributed by atoms with E-state index in [0.29, 0.717) is 0 Å². The van der Waals surface area contributed by atoms with Crippen LogP contribution in [0.25, 0.3) is 0 Å². The van der Waals surface area contributed by atoms with Gasteiger partial charge in [0, 0.05) is 13.3 Å². The zero-order valence-corrected chi connectivity index (χ0v) is 10.9. The maximum atomic E-state index is 14.7. The Morgan fingerprint density at radius 3 is 3.00 bits per heavy atom. The van der Waals surface area contributed by atoms with Crippen LogP contribution in [0.3, 0.4) is 0 Å². The molecule has 19 heavy (non-hydrogen) atoms. The third-order valence-electron chi connectivity index (χ3n) is 3.26. The van der Waals surface area contributed by atoms with Crippen LogP contribution in [0, 0.1) is 0 Å². The van der Waals surface area contributed by atoms with Gasteiger partial charge in [-0.1, -0.05) is 6.58 Å². The van der Waals surface area contributed by atoms with Gasteiger partial charge in [0.1, 0.15) is 23.9 Å². The lowest BCUT2D eigenvalue weighted by Gasteiger charge is -2.34. The largest absolute Gasteiger partial charge is 0.387 e. The average molecular weight is 271 g/mol. The fraction of sp³-hybridized carbons (Fsp3) is 0.583. The molecule has 0 aromatic carbocycles. The summed E-state index contributed by atoms with van der Waals surface area (Å²) in [6.45, 7) is 5.08. The van der Waals surface area contributed by atoms with E-state index in [4.69, 9.17) is 15.2 Å². The standard InChI is InChI=1S/C12H18FN3O3/c1-7-15-9(14)4-5-16(7)11-12(2,13)10(17)8(19-11)6-18-3/h4-5,8,10-11,17H,1,6H2,2-3H3,(H2,14,15)/t8-,10-,11-,12-/m1/s1. The molecule has 3 N–H and O–H groups in total. The van der Waals surface area contributed by atoms with Gasteiger partial charge in [-0.15, -0.1) is 0 Å². The summed E-state index contributed by atoms with van der Waals surface area (Å²) in [7, 11) is 1.46. The first-order chi connectivity index (χ1) is 8.87. The highest BCUT2D eigenvalue weighted by Gasteiger charge is 2.56. The van der Waals surface area contributed by atoms with Crippen molar-refractivity contribution in [2.75, 3.05) is 13.7 Å². The van der Waals surface area contributed by atoms with Crippen LogP contribution in [-0.4, -0.2) is 53.7 Å². The Morgan fingerprint density at radius 1 is 1.74 bits per heavy atom. The monoisotopic (exact) mass is 271 g/mol. The lowest BCUT2D eigenvalue weighted by Crippen LogP contribution is -2.48. The van der Waals surface area contributed by atoms with Gasteiger partial charge in [-0.2, -0.15) is 0 Å². The number of nitrogens with two attached hydrogens (primary N) is 1. The Bertz CT molecular complexity index is 436. The molecule has 0 spiro atoms. The fourth-order valence-electron chi connectivity index (χ4n) is 2.22. The van der Waals surface area contributed by atoms with E-state index >= 15 is 0 Å². The van der Waals surface area contributed by atoms with E-state index in [1.54, 1.807) is 0 Å². The third kappa shape index (κ3) is 2.36. The number of rotatable bonds is 3. The quantitative estimate of drug-likeness (QED) is 0.761. The smallest absolute Gasteiger partial charge is 0.181 e. The molecule has 0 unspecified atom stereocenters. The number of nitrogens with zero attached hydrogens (tertiary/aromatic N) is 2. The maximum absolute atomic E-state index is 14.7. The summed E-state index contributed by atoms with van der Waals surface area (Å²) in [6.07, 6.45) is -0.00114. The number of hydrogen-bond donors (Lipinski definition) is 2. The Balaban J connectivity index is 2.21. The van der Waals surface area contributed by atoms with Crippen molar-refractivity contribution in [3.63, 3.8) is 0 Å². The minimum Gasteiger partial charge on any atom is -0.387 e. The molecule has 2 aliphatic heterocycles. The van der Waals surface area contributed by atoms with Crippen LogP contribution in [0.15, 0.2) is 29.7 Å². The molecule has 0 aliphatic carbocycles. The second-order valence-electron chi connectivity index (χ2n) is 4.75. The second kappa shape index (κ2) is 4.92. The number of halogens is 1. The van der Waals surface area contributed by atoms with Crippen LogP contribution < -0.4 is 5.73 Å². The van der Waals surface area contributed by atoms with Crippen LogP contribution in [0.4, 0.5) is 4.39 Å². The van der Waals surface area contributed by atoms with E-state index in [-0.39, 0.29) is 18.3 Å². The predicted octanol–water partition coefficient (Wildman–Crippen LogP) is 0.104. The summed E-state index contributed by atoms with van der Waals surface area (Å²) >= 11 is 0. The number of aliphatic hydroxyl groups excluding tert-OH is 1. The molecule has 2 rings (SSSR count). The lowest BCUT2D eigenvalue weighted by atomic mass is 9.98. The molecule has 4 atom stereocenters. The molecule has 0 amide bonds. The average Bonchev–Trinajstić information content (AvgIpc) is 2.54. The summed E-state index contributed by atoms with van der Waals surface area (Å²) in [4.78, 5) is 5.36. The van der Waals surface area contributed by atoms with E-state index in [2.05, 4.69) is 11.6 Å². The second-order valence-corrected chi connectivity index (χ2v) is 4.75. The van der Waals surface area contributed by atoms with E-state index in [0.717, 1.165) is 0 Å². The third-order valence-corrected chi connectivity index (χ3v) is 3.26. The van der Waals surface area contributed by atoms with Crippen LogP contribution in [0.1, 0.15) is 6.92 Å². The Kier molecular flexibility index (Phi) is 3.62. The molecule has 0 bridgehead atoms. The van der Waals surface area contributed by atoms with Gasteiger partial charge in [-0.3, -0.25) is 0 Å². The minimum absolute atomic E-state index is 0.104. The Morgan fingerprint density at radius 2 is 2.42 bits per heavy atom. The minimum atomic E-state index is -1.97. The van der Waals surface area contributed by atoms with Crippen molar-refractivity contribution < 1.29 is 19.0 Å². The number of aliphatic hydroxyl groups is 1. The molecule has 106 valence electrons. The molecule has 1 saturated heterocycles. The van der Waals surface area contributed by atoms with Gasteiger partial charge in [0.05, 0.1) is 6.61 Å². The van der Waals surface area contributed by atoms with Crippen molar-refractivity contribution in [1.29, 1.82) is 0 Å². The maximum Gasteiger partial charge on any atom is 0.181 e. The zero-order chi connectivity index (χ0) is 14.2. The number of amidine groups is 1. The Labute approximate surface area is 111 Å². The topological polar surface area (TPSA) is 80.3 Å². The van der Waals surface area contributed by atoms with Gasteiger partial charge in [0.2, 0.25) is 0 Å². The van der Waals surface area contributed by atoms with E-state index in [9.17, 15) is 9.50 Å². The predicted molar refractivity (Wildman–Crippen MR) is 67.8 cm³/mol. The van der Waals surface area contributed by atoms with Crippen molar-refractivity contribution in [3.8, 4) is 0 Å². The SMILES string of the molecule is C=C1N=C(N)C=CN1[C@@H]1O[C@H](COC)[C@@H](O)[C@@]1(C)F. The molecule has 7 heteroatoms. The van der Waals surface area contributed by atoms with E-state index < -0.39 is 24.1 Å². The molecule has 6 nitrogen and oxygen atoms in total. The highest BCUT2D eigenvalue weighted by atomic mass is 19.1. The summed E-state index contributed by atoms with van der Waals surface area (Å²) in [5.41, 5.74) is 3.55. The first-order valence-corrected chi connectivity index (χ1v) is 5.89. The normalized spacial score (nSPS) is 38.7. The number of ether oxygens (including phenoxy) is 2. The fourth-order valence-corrected chi connectivity index (χ4v) is 2.22. The first-order valence-electron chi connectivity index (χ1n) is 5.89. The van der Waals surface area contributed by atoms with Gasteiger partial charge >= 0.3 is 0 Å². The van der Waals surface area contributed by atoms with Crippen LogP contribution >= 0.6 is 0 Å². The Hall–Kier alpha value is -1.44. The summed E-state index contributed by atoms with van der Waals surface area (Å²) < 4.78 is 25.1. The molecule has 0 aromatic rings. The van der Waals surface area contributed by atoms with Gasteiger partial charge in [-0.05, 0) is 13.0 Å². The molecule has 0 saturated carbocycles. The molecule has 0 radical (unpaired) electrons. The van der Waals surface area contributed by atoms with Gasteiger partial charge in [-0.25, -0.2) is 9.38 Å². The molecular formula is C12H18FN3O3. The van der Waals surface area contributed by atoms with Crippen molar-refractivity contribution in [3.05, 3.63) is 24.7 Å². The first kappa shape index (κ1) is 14.0. The summed E-state index contributed by atoms with van der Waals surface area (Å²) in [5.74, 6) is 0.549. The van der Waals surface area contributed by atoms with Crippen molar-refractivity contribution in [1.82, 2.24) is 4.90 Å². The number of aliphatic imine (C=N–C) groups is 1. The molecule has 2 heterocycles. The van der Waals surface area contributed by atoms with E-state index in [1.807, 2.05) is 0 Å². The van der Waals surface area contributed by atoms with Gasteiger partial charge in [0.25, 0.3) is 0 Å². The highest BCUT2D eigenvalue weighted by molar-refractivity contribution is 5.92. The van der Waals surface area contributed by atoms with Crippen LogP contribution in [0.5, 0.6) is 0 Å². The molecule has 1 fully saturated rings. The highest BCUT2D eigenvalue weighted by Crippen LogP contribution is 2.38. The molecular weight excluding hydrogens is 253 g/mol. The van der Waals surface area contributed by atoms with Crippen molar-refractivity contribution >= 4 is 5.84 Å². The van der Waals surface area contributed by atoms with Crippen molar-refractivity contribution in [2.45, 2.75) is 31.0 Å². The molecule has 2 aliphatic rings. The number of methoxy groups -OCH3 is 1. The number of alkyl halides is 1. The van der Waals surface area contributed by atoms with Crippen LogP contribution in [-0.2, 0) is 9.47 Å². The van der Waals surface area contributed by atoms with Gasteiger partial charge < -0.3 is 25.2 Å². The summed E-state index contributed by atoms with van der Waals surface area (Å²) in [6, 6.07) is 0. The van der Waals surface area contributed by atoms with E-state index in [1.165, 1.54) is 31.2 Å². The van der Waals surface area contributed by atoms with Gasteiger partial charge in [0.15, 0.2) is 11.9 Å². The number of hydrogen-bond acceptors (Lipinski definition) is 6. The lowest BCUT2D eigenvalue weighted by molar-refractivity contribution is -0.0801. The zero-order valence-electron chi connectivity index (χ0n) is 10.9. The van der Waals surface area contributed by atoms with Crippen LogP contribution in [0.2, 0.25) is 0 Å². The van der Waals surface area contributed by atoms with Crippen molar-refractivity contribution in [2.24, 2.45) is 10.7 Å². The molecule has 0 aromatic heterocycles. The summed E-state index contributed by atoms with van der Waals surface area (Å²) in [5, 5.41) is 9.97.